The summed E-state index contributed by atoms with van der Waals surface area (Å²) in [4.78, 5) is 10.1. The molecule has 0 spiro atoms. The number of fused-ring (bicyclic) bond motifs is 1. The summed E-state index contributed by atoms with van der Waals surface area (Å²) in [6, 6.07) is 9.99. The van der Waals surface area contributed by atoms with E-state index in [2.05, 4.69) is 28.0 Å². The number of aliphatic imine (C=N–C) groups is 1. The van der Waals surface area contributed by atoms with Crippen LogP contribution in [0.4, 0.5) is 5.69 Å². The maximum absolute atomic E-state index is 6.12. The summed E-state index contributed by atoms with van der Waals surface area (Å²) >= 11 is 6.12. The summed E-state index contributed by atoms with van der Waals surface area (Å²) in [6.07, 6.45) is 1.91. The highest BCUT2D eigenvalue weighted by Crippen LogP contribution is 2.27. The predicted octanol–water partition coefficient (Wildman–Crippen LogP) is 2.96. The first-order valence-electron chi connectivity index (χ1n) is 5.95. The number of hydrogen-bond acceptors (Lipinski definition) is 2. The van der Waals surface area contributed by atoms with Crippen molar-refractivity contribution in [1.29, 1.82) is 0 Å². The summed E-state index contributed by atoms with van der Waals surface area (Å²) in [6.45, 7) is 1.70. The van der Waals surface area contributed by atoms with Gasteiger partial charge in [-0.15, -0.1) is 0 Å². The zero-order chi connectivity index (χ0) is 12.5. The van der Waals surface area contributed by atoms with Gasteiger partial charge in [-0.1, -0.05) is 11.6 Å². The number of benzene rings is 1. The third-order valence-corrected chi connectivity index (χ3v) is 3.42. The molecule has 1 aromatic carbocycles. The quantitative estimate of drug-likeness (QED) is 0.839. The molecule has 2 heterocycles. The Morgan fingerprint density at radius 2 is 2.22 bits per heavy atom. The van der Waals surface area contributed by atoms with Crippen molar-refractivity contribution in [3.05, 3.63) is 52.8 Å². The minimum atomic E-state index is 0.739. The van der Waals surface area contributed by atoms with Crippen molar-refractivity contribution in [2.75, 3.05) is 25.0 Å². The van der Waals surface area contributed by atoms with Gasteiger partial charge in [-0.25, -0.2) is 0 Å². The lowest BCUT2D eigenvalue weighted by molar-refractivity contribution is 0.896. The molecule has 0 atom stereocenters. The number of benzodiazepines with no additional fused rings is 1. The van der Waals surface area contributed by atoms with E-state index in [0.29, 0.717) is 0 Å². The fraction of sp³-hybridized carbons (Fsp3) is 0.214. The molecule has 1 N–H and O–H groups in total. The summed E-state index contributed by atoms with van der Waals surface area (Å²) < 4.78 is 0. The second-order valence-electron chi connectivity index (χ2n) is 4.40. The molecule has 1 aliphatic heterocycles. The van der Waals surface area contributed by atoms with Gasteiger partial charge in [0.25, 0.3) is 0 Å². The summed E-state index contributed by atoms with van der Waals surface area (Å²) in [5, 5.41) is 0.739. The van der Waals surface area contributed by atoms with Crippen LogP contribution in [0.15, 0.2) is 41.5 Å². The standard InChI is InChI=1S/C14H14ClN3/c1-18-8-7-17-14(12-3-2-6-16-12)11-9-10(15)4-5-13(11)18/h2-6,9,16H,7-8H2,1H3. The molecule has 0 aliphatic carbocycles. The minimum Gasteiger partial charge on any atom is -0.372 e. The van der Waals surface area contributed by atoms with Gasteiger partial charge in [0.15, 0.2) is 0 Å². The number of aromatic amines is 1. The van der Waals surface area contributed by atoms with Crippen molar-refractivity contribution in [3.8, 4) is 0 Å². The number of H-pyrrole nitrogens is 1. The van der Waals surface area contributed by atoms with Crippen LogP contribution in [0.3, 0.4) is 0 Å². The third kappa shape index (κ3) is 1.91. The topological polar surface area (TPSA) is 31.4 Å². The summed E-state index contributed by atoms with van der Waals surface area (Å²) in [5.74, 6) is 0. The molecule has 18 heavy (non-hydrogen) atoms. The Hall–Kier alpha value is -1.74. The van der Waals surface area contributed by atoms with Gasteiger partial charge in [0, 0.05) is 36.1 Å². The lowest BCUT2D eigenvalue weighted by atomic mass is 10.0. The molecule has 0 amide bonds. The molecular formula is C14H14ClN3. The maximum atomic E-state index is 6.12. The van der Waals surface area contributed by atoms with Gasteiger partial charge in [-0.05, 0) is 30.3 Å². The zero-order valence-electron chi connectivity index (χ0n) is 10.2. The van der Waals surface area contributed by atoms with Crippen molar-refractivity contribution >= 4 is 23.0 Å². The minimum absolute atomic E-state index is 0.739. The Bertz CT molecular complexity index is 587. The Labute approximate surface area is 111 Å². The molecule has 1 aromatic heterocycles. The first kappa shape index (κ1) is 11.4. The molecule has 3 rings (SSSR count). The largest absolute Gasteiger partial charge is 0.372 e. The average Bonchev–Trinajstić information content (AvgIpc) is 2.83. The Morgan fingerprint density at radius 3 is 3.00 bits per heavy atom. The molecule has 0 saturated heterocycles. The van der Waals surface area contributed by atoms with Crippen LogP contribution in [0.1, 0.15) is 11.3 Å². The Morgan fingerprint density at radius 1 is 1.33 bits per heavy atom. The smallest absolute Gasteiger partial charge is 0.0903 e. The highest BCUT2D eigenvalue weighted by Gasteiger charge is 2.18. The van der Waals surface area contributed by atoms with Crippen molar-refractivity contribution in [2.24, 2.45) is 4.99 Å². The third-order valence-electron chi connectivity index (χ3n) is 3.18. The molecule has 1 aliphatic rings. The van der Waals surface area contributed by atoms with Gasteiger partial charge in [-0.2, -0.15) is 0 Å². The number of nitrogens with one attached hydrogen (secondary N) is 1. The van der Waals surface area contributed by atoms with Gasteiger partial charge in [0.05, 0.1) is 18.0 Å². The molecule has 0 fully saturated rings. The van der Waals surface area contributed by atoms with Gasteiger partial charge in [-0.3, -0.25) is 4.99 Å². The van der Waals surface area contributed by atoms with Crippen LogP contribution in [0, 0.1) is 0 Å². The number of likely N-dealkylation sites (N-methyl/N-ethyl adjacent to an activating group) is 1. The van der Waals surface area contributed by atoms with Gasteiger partial charge in [0.1, 0.15) is 0 Å². The zero-order valence-corrected chi connectivity index (χ0v) is 10.9. The van der Waals surface area contributed by atoms with E-state index in [1.807, 2.05) is 30.5 Å². The van der Waals surface area contributed by atoms with Crippen LogP contribution in [-0.4, -0.2) is 30.8 Å². The van der Waals surface area contributed by atoms with Crippen molar-refractivity contribution in [1.82, 2.24) is 4.98 Å². The fourth-order valence-electron chi connectivity index (χ4n) is 2.26. The molecule has 0 unspecified atom stereocenters. The molecule has 0 bridgehead atoms. The van der Waals surface area contributed by atoms with E-state index < -0.39 is 0 Å². The molecule has 92 valence electrons. The van der Waals surface area contributed by atoms with E-state index in [9.17, 15) is 0 Å². The normalized spacial score (nSPS) is 15.0. The maximum Gasteiger partial charge on any atom is 0.0903 e. The van der Waals surface area contributed by atoms with E-state index in [-0.39, 0.29) is 0 Å². The number of hydrogen-bond donors (Lipinski definition) is 1. The average molecular weight is 260 g/mol. The lowest BCUT2D eigenvalue weighted by Crippen LogP contribution is -2.20. The second kappa shape index (κ2) is 4.50. The monoisotopic (exact) mass is 259 g/mol. The second-order valence-corrected chi connectivity index (χ2v) is 4.83. The summed E-state index contributed by atoms with van der Waals surface area (Å²) in [5.41, 5.74) is 4.28. The van der Waals surface area contributed by atoms with Gasteiger partial charge in [0.2, 0.25) is 0 Å². The van der Waals surface area contributed by atoms with E-state index in [1.165, 1.54) is 5.69 Å². The molecule has 0 radical (unpaired) electrons. The van der Waals surface area contributed by atoms with Gasteiger partial charge >= 0.3 is 0 Å². The van der Waals surface area contributed by atoms with Crippen molar-refractivity contribution in [3.63, 3.8) is 0 Å². The van der Waals surface area contributed by atoms with E-state index >= 15 is 0 Å². The van der Waals surface area contributed by atoms with Crippen LogP contribution in [-0.2, 0) is 0 Å². The first-order chi connectivity index (χ1) is 8.75. The van der Waals surface area contributed by atoms with Crippen LogP contribution in [0.25, 0.3) is 0 Å². The van der Waals surface area contributed by atoms with Crippen LogP contribution in [0.2, 0.25) is 5.02 Å². The number of halogens is 1. The highest BCUT2D eigenvalue weighted by atomic mass is 35.5. The number of aromatic nitrogens is 1. The van der Waals surface area contributed by atoms with Crippen LogP contribution < -0.4 is 4.90 Å². The Balaban J connectivity index is 2.19. The van der Waals surface area contributed by atoms with Crippen molar-refractivity contribution in [2.45, 2.75) is 0 Å². The molecule has 4 heteroatoms. The van der Waals surface area contributed by atoms with Crippen molar-refractivity contribution < 1.29 is 0 Å². The van der Waals surface area contributed by atoms with Gasteiger partial charge < -0.3 is 9.88 Å². The first-order valence-corrected chi connectivity index (χ1v) is 6.33. The van der Waals surface area contributed by atoms with E-state index in [1.54, 1.807) is 0 Å². The Kier molecular flexibility index (Phi) is 2.84. The fourth-order valence-corrected chi connectivity index (χ4v) is 2.43. The molecular weight excluding hydrogens is 246 g/mol. The van der Waals surface area contributed by atoms with E-state index in [4.69, 9.17) is 11.6 Å². The number of nitrogens with zero attached hydrogens (tertiary/aromatic N) is 2. The predicted molar refractivity (Wildman–Crippen MR) is 76.0 cm³/mol. The molecule has 2 aromatic rings. The van der Waals surface area contributed by atoms with Crippen LogP contribution in [0.5, 0.6) is 0 Å². The SMILES string of the molecule is CN1CCN=C(c2ccc[nH]2)c2cc(Cl)ccc21. The van der Waals surface area contributed by atoms with E-state index in [0.717, 1.165) is 35.1 Å². The molecule has 0 saturated carbocycles. The molecule has 3 nitrogen and oxygen atoms in total. The number of rotatable bonds is 1. The van der Waals surface area contributed by atoms with Crippen LogP contribution >= 0.6 is 11.6 Å². The number of anilines is 1. The summed E-state index contributed by atoms with van der Waals surface area (Å²) in [7, 11) is 2.08. The lowest BCUT2D eigenvalue weighted by Gasteiger charge is -2.19. The highest BCUT2D eigenvalue weighted by molar-refractivity contribution is 6.31.